The average Bonchev–Trinajstić information content (AvgIpc) is 3.24. The topological polar surface area (TPSA) is 91.1 Å². The summed E-state index contributed by atoms with van der Waals surface area (Å²) in [4.78, 5) is 28.9. The zero-order chi connectivity index (χ0) is 23.8. The second-order valence-electron chi connectivity index (χ2n) is 7.44. The predicted molar refractivity (Wildman–Crippen MR) is 128 cm³/mol. The number of thiophene rings is 1. The van der Waals surface area contributed by atoms with Gasteiger partial charge in [-0.25, -0.2) is 0 Å². The minimum Gasteiger partial charge on any atom is -0.493 e. The molecule has 0 fully saturated rings. The number of benzene rings is 2. The van der Waals surface area contributed by atoms with Gasteiger partial charge in [0.2, 0.25) is 5.75 Å². The molecule has 8 heteroatoms. The molecule has 1 heterocycles. The monoisotopic (exact) mass is 468 g/mol. The molecule has 2 amide bonds. The smallest absolute Gasteiger partial charge is 0.255 e. The molecule has 174 valence electrons. The van der Waals surface area contributed by atoms with Crippen molar-refractivity contribution in [2.24, 2.45) is 5.73 Å². The number of rotatable bonds is 11. The Morgan fingerprint density at radius 1 is 1.00 bits per heavy atom. The van der Waals surface area contributed by atoms with Gasteiger partial charge in [0.15, 0.2) is 18.1 Å². The Hall–Kier alpha value is -3.52. The Morgan fingerprint density at radius 2 is 1.67 bits per heavy atom. The van der Waals surface area contributed by atoms with Gasteiger partial charge in [-0.2, -0.15) is 0 Å². The largest absolute Gasteiger partial charge is 0.493 e. The van der Waals surface area contributed by atoms with E-state index in [4.69, 9.17) is 19.9 Å². The first-order chi connectivity index (χ1) is 15.9. The summed E-state index contributed by atoms with van der Waals surface area (Å²) >= 11 is 1.67. The van der Waals surface area contributed by atoms with E-state index in [1.54, 1.807) is 23.5 Å². The highest BCUT2D eigenvalue weighted by atomic mass is 32.1. The summed E-state index contributed by atoms with van der Waals surface area (Å²) in [5.74, 6) is 0.00976. The van der Waals surface area contributed by atoms with Crippen molar-refractivity contribution in [3.63, 3.8) is 0 Å². The highest BCUT2D eigenvalue weighted by Gasteiger charge is 2.22. The van der Waals surface area contributed by atoms with Gasteiger partial charge in [0, 0.05) is 21.9 Å². The van der Waals surface area contributed by atoms with E-state index in [0.29, 0.717) is 18.7 Å². The number of nitrogens with two attached hydrogens (primary N) is 1. The summed E-state index contributed by atoms with van der Waals surface area (Å²) in [6.45, 7) is 2.75. The maximum absolute atomic E-state index is 13.6. The molecule has 0 saturated heterocycles. The molecule has 2 aromatic carbocycles. The summed E-state index contributed by atoms with van der Waals surface area (Å²) in [5, 5.41) is 0. The number of nitrogens with zero attached hydrogens (tertiary/aromatic N) is 1. The van der Waals surface area contributed by atoms with Gasteiger partial charge in [0.05, 0.1) is 20.8 Å². The summed E-state index contributed by atoms with van der Waals surface area (Å²) in [6.07, 6.45) is 0.727. The Bertz CT molecular complexity index is 1070. The van der Waals surface area contributed by atoms with Crippen molar-refractivity contribution < 1.29 is 23.8 Å². The molecule has 0 radical (unpaired) electrons. The average molecular weight is 469 g/mol. The van der Waals surface area contributed by atoms with Crippen molar-refractivity contribution in [1.29, 1.82) is 0 Å². The first-order valence-electron chi connectivity index (χ1n) is 10.5. The number of hydrogen-bond donors (Lipinski definition) is 1. The number of primary amides is 1. The van der Waals surface area contributed by atoms with Crippen molar-refractivity contribution in [2.45, 2.75) is 19.9 Å². The fraction of sp³-hybridized carbons (Fsp3) is 0.280. The van der Waals surface area contributed by atoms with Crippen LogP contribution in [0.5, 0.6) is 17.2 Å². The van der Waals surface area contributed by atoms with Crippen molar-refractivity contribution in [3.05, 3.63) is 75.5 Å². The van der Waals surface area contributed by atoms with E-state index in [-0.39, 0.29) is 29.8 Å². The SMILES string of the molecule is COc1cc(C(=O)N(CCc2ccccc2)Cc2ccc(C)s2)cc(OC)c1OCC(N)=O. The lowest BCUT2D eigenvalue weighted by Gasteiger charge is -2.23. The fourth-order valence-corrected chi connectivity index (χ4v) is 4.30. The third kappa shape index (κ3) is 6.49. The van der Waals surface area contributed by atoms with Crippen LogP contribution < -0.4 is 19.9 Å². The molecule has 0 spiro atoms. The van der Waals surface area contributed by atoms with E-state index in [0.717, 1.165) is 16.9 Å². The number of carbonyl (C=O) groups excluding carboxylic acids is 2. The fourth-order valence-electron chi connectivity index (χ4n) is 3.39. The molecule has 0 aliphatic carbocycles. The molecule has 33 heavy (non-hydrogen) atoms. The third-order valence-corrected chi connectivity index (χ3v) is 5.99. The van der Waals surface area contributed by atoms with Crippen LogP contribution in [0.4, 0.5) is 0 Å². The molecular formula is C25H28N2O5S. The zero-order valence-corrected chi connectivity index (χ0v) is 19.8. The van der Waals surface area contributed by atoms with Crippen molar-refractivity contribution >= 4 is 23.2 Å². The van der Waals surface area contributed by atoms with E-state index in [2.05, 4.69) is 18.2 Å². The number of hydrogen-bond acceptors (Lipinski definition) is 6. The lowest BCUT2D eigenvalue weighted by molar-refractivity contribution is -0.120. The Morgan fingerprint density at radius 3 is 2.21 bits per heavy atom. The van der Waals surface area contributed by atoms with Gasteiger partial charge < -0.3 is 24.8 Å². The van der Waals surface area contributed by atoms with Gasteiger partial charge in [-0.15, -0.1) is 11.3 Å². The van der Waals surface area contributed by atoms with Gasteiger partial charge in [0.1, 0.15) is 0 Å². The second-order valence-corrected chi connectivity index (χ2v) is 8.81. The Balaban J connectivity index is 1.90. The molecule has 2 N–H and O–H groups in total. The molecule has 3 rings (SSSR count). The molecule has 0 aliphatic rings. The zero-order valence-electron chi connectivity index (χ0n) is 19.0. The van der Waals surface area contributed by atoms with E-state index >= 15 is 0 Å². The first-order valence-corrected chi connectivity index (χ1v) is 11.3. The predicted octanol–water partition coefficient (Wildman–Crippen LogP) is 3.82. The van der Waals surface area contributed by atoms with E-state index in [9.17, 15) is 9.59 Å². The van der Waals surface area contributed by atoms with Crippen LogP contribution in [0, 0.1) is 6.92 Å². The molecule has 0 saturated carbocycles. The van der Waals surface area contributed by atoms with E-state index in [1.807, 2.05) is 36.1 Å². The Labute approximate surface area is 197 Å². The van der Waals surface area contributed by atoms with Gasteiger partial charge in [-0.1, -0.05) is 30.3 Å². The minimum absolute atomic E-state index is 0.157. The molecule has 0 aliphatic heterocycles. The van der Waals surface area contributed by atoms with Crippen LogP contribution in [0.1, 0.15) is 25.7 Å². The maximum Gasteiger partial charge on any atom is 0.255 e. The molecule has 0 atom stereocenters. The summed E-state index contributed by atoms with van der Waals surface area (Å²) in [5.41, 5.74) is 6.75. The normalized spacial score (nSPS) is 10.5. The van der Waals surface area contributed by atoms with Crippen molar-refractivity contribution in [3.8, 4) is 17.2 Å². The van der Waals surface area contributed by atoms with Gasteiger partial charge in [0.25, 0.3) is 11.8 Å². The van der Waals surface area contributed by atoms with Crippen LogP contribution in [0.15, 0.2) is 54.6 Å². The lowest BCUT2D eigenvalue weighted by atomic mass is 10.1. The molecule has 0 unspecified atom stereocenters. The van der Waals surface area contributed by atoms with Gasteiger partial charge in [-0.05, 0) is 43.2 Å². The van der Waals surface area contributed by atoms with E-state index < -0.39 is 5.91 Å². The van der Waals surface area contributed by atoms with E-state index in [1.165, 1.54) is 19.1 Å². The van der Waals surface area contributed by atoms with Crippen LogP contribution in [0.25, 0.3) is 0 Å². The first kappa shape index (κ1) is 24.1. The second kappa shape index (κ2) is 11.4. The number of ether oxygens (including phenoxy) is 3. The third-order valence-electron chi connectivity index (χ3n) is 5.01. The number of methoxy groups -OCH3 is 2. The molecule has 3 aromatic rings. The Kier molecular flexibility index (Phi) is 8.32. The summed E-state index contributed by atoms with van der Waals surface area (Å²) in [6, 6.07) is 17.3. The minimum atomic E-state index is -0.627. The van der Waals surface area contributed by atoms with Crippen LogP contribution >= 0.6 is 11.3 Å². The highest BCUT2D eigenvalue weighted by molar-refractivity contribution is 7.11. The maximum atomic E-state index is 13.6. The van der Waals surface area contributed by atoms with Crippen LogP contribution in [-0.4, -0.2) is 44.1 Å². The lowest BCUT2D eigenvalue weighted by Crippen LogP contribution is -2.32. The van der Waals surface area contributed by atoms with Crippen LogP contribution in [0.2, 0.25) is 0 Å². The standard InChI is InChI=1S/C25H28N2O5S/c1-17-9-10-20(33-17)15-27(12-11-18-7-5-4-6-8-18)25(29)19-13-21(30-2)24(22(14-19)31-3)32-16-23(26)28/h4-10,13-14H,11-12,15-16H2,1-3H3,(H2,26,28). The highest BCUT2D eigenvalue weighted by Crippen LogP contribution is 2.39. The van der Waals surface area contributed by atoms with Gasteiger partial charge >= 0.3 is 0 Å². The summed E-state index contributed by atoms with van der Waals surface area (Å²) < 4.78 is 16.3. The van der Waals surface area contributed by atoms with Gasteiger partial charge in [-0.3, -0.25) is 9.59 Å². The molecule has 7 nitrogen and oxygen atoms in total. The van der Waals surface area contributed by atoms with Crippen molar-refractivity contribution in [1.82, 2.24) is 4.90 Å². The number of aryl methyl sites for hydroxylation is 1. The quantitative estimate of drug-likeness (QED) is 0.462. The molecule has 1 aromatic heterocycles. The molecule has 0 bridgehead atoms. The van der Waals surface area contributed by atoms with Crippen LogP contribution in [0.3, 0.4) is 0 Å². The number of carbonyl (C=O) groups is 2. The molecular weight excluding hydrogens is 440 g/mol. The van der Waals surface area contributed by atoms with Crippen molar-refractivity contribution in [2.75, 3.05) is 27.4 Å². The van der Waals surface area contributed by atoms with Crippen LogP contribution in [-0.2, 0) is 17.8 Å². The number of amides is 2. The summed E-state index contributed by atoms with van der Waals surface area (Å²) in [7, 11) is 2.92.